The number of nitrogens with zero attached hydrogens (tertiary/aromatic N) is 3. The van der Waals surface area contributed by atoms with Crippen molar-refractivity contribution in [1.29, 1.82) is 0 Å². The van der Waals surface area contributed by atoms with Crippen LogP contribution in [0.4, 0.5) is 5.69 Å². The molecule has 5 aromatic rings. The number of methoxy groups -OCH3 is 1. The molecule has 0 bridgehead atoms. The van der Waals surface area contributed by atoms with Gasteiger partial charge in [0.2, 0.25) is 0 Å². The lowest BCUT2D eigenvalue weighted by Crippen LogP contribution is -2.13. The Morgan fingerprint density at radius 2 is 1.69 bits per heavy atom. The summed E-state index contributed by atoms with van der Waals surface area (Å²) in [6.07, 6.45) is 1.79. The summed E-state index contributed by atoms with van der Waals surface area (Å²) in [4.78, 5) is 18.4. The average Bonchev–Trinajstić information content (AvgIpc) is 3.25. The minimum absolute atomic E-state index is 0.251. The first kappa shape index (κ1) is 23.6. The second kappa shape index (κ2) is 9.47. The normalized spacial score (nSPS) is 11.0. The monoisotopic (exact) mass is 496 g/mol. The van der Waals surface area contributed by atoms with Crippen LogP contribution in [0.15, 0.2) is 72.9 Å². The first-order valence-corrected chi connectivity index (χ1v) is 11.9. The zero-order valence-electron chi connectivity index (χ0n) is 20.5. The van der Waals surface area contributed by atoms with Gasteiger partial charge in [0.05, 0.1) is 46.5 Å². The SMILES string of the molecule is COc1ccc(NC(=O)c2cc(-c3cnn(-c4ccc(C)cc4)c3C)nc3ccc(C)cc23)cc1Cl. The summed E-state index contributed by atoms with van der Waals surface area (Å²) in [5, 5.41) is 8.77. The van der Waals surface area contributed by atoms with E-state index in [1.54, 1.807) is 31.5 Å². The van der Waals surface area contributed by atoms with Crippen LogP contribution in [0.1, 0.15) is 27.2 Å². The maximum absolute atomic E-state index is 13.5. The van der Waals surface area contributed by atoms with Crippen LogP contribution in [0.2, 0.25) is 5.02 Å². The molecule has 3 aromatic carbocycles. The summed E-state index contributed by atoms with van der Waals surface area (Å²) in [5.41, 5.74) is 7.51. The molecule has 0 spiro atoms. The summed E-state index contributed by atoms with van der Waals surface area (Å²) in [6, 6.07) is 21.1. The maximum Gasteiger partial charge on any atom is 0.256 e. The van der Waals surface area contributed by atoms with Gasteiger partial charge in [-0.1, -0.05) is 40.9 Å². The Kier molecular flexibility index (Phi) is 6.20. The number of anilines is 1. The van der Waals surface area contributed by atoms with Crippen LogP contribution in [-0.4, -0.2) is 27.8 Å². The number of carbonyl (C=O) groups is 1. The summed E-state index contributed by atoms with van der Waals surface area (Å²) < 4.78 is 7.10. The highest BCUT2D eigenvalue weighted by Gasteiger charge is 2.18. The number of aryl methyl sites for hydroxylation is 2. The molecule has 0 aliphatic carbocycles. The molecule has 1 amide bonds. The number of benzene rings is 3. The van der Waals surface area contributed by atoms with Gasteiger partial charge in [0.15, 0.2) is 0 Å². The molecule has 7 heteroatoms. The number of nitrogens with one attached hydrogen (secondary N) is 1. The predicted molar refractivity (Wildman–Crippen MR) is 144 cm³/mol. The van der Waals surface area contributed by atoms with Gasteiger partial charge in [-0.25, -0.2) is 9.67 Å². The average molecular weight is 497 g/mol. The lowest BCUT2D eigenvalue weighted by atomic mass is 10.0. The van der Waals surface area contributed by atoms with Gasteiger partial charge in [-0.2, -0.15) is 5.10 Å². The molecule has 0 saturated heterocycles. The van der Waals surface area contributed by atoms with E-state index in [2.05, 4.69) is 29.5 Å². The first-order chi connectivity index (χ1) is 17.3. The molecule has 2 aromatic heterocycles. The molecular weight excluding hydrogens is 472 g/mol. The van der Waals surface area contributed by atoms with Crippen molar-refractivity contribution >= 4 is 34.1 Å². The number of aromatic nitrogens is 3. The Hall–Kier alpha value is -4.16. The molecule has 2 heterocycles. The number of hydrogen-bond donors (Lipinski definition) is 1. The van der Waals surface area contributed by atoms with Crippen molar-refractivity contribution in [3.63, 3.8) is 0 Å². The molecule has 0 aliphatic rings. The Labute approximate surface area is 214 Å². The van der Waals surface area contributed by atoms with Crippen molar-refractivity contribution in [3.8, 4) is 22.7 Å². The fraction of sp³-hybridized carbons (Fsp3) is 0.138. The first-order valence-electron chi connectivity index (χ1n) is 11.5. The van der Waals surface area contributed by atoms with E-state index >= 15 is 0 Å². The van der Waals surface area contributed by atoms with Crippen molar-refractivity contribution in [2.24, 2.45) is 0 Å². The molecule has 0 saturated carbocycles. The summed E-state index contributed by atoms with van der Waals surface area (Å²) >= 11 is 6.26. The van der Waals surface area contributed by atoms with Gasteiger partial charge >= 0.3 is 0 Å². The minimum Gasteiger partial charge on any atom is -0.495 e. The van der Waals surface area contributed by atoms with Crippen molar-refractivity contribution in [2.45, 2.75) is 20.8 Å². The van der Waals surface area contributed by atoms with E-state index in [4.69, 9.17) is 21.3 Å². The van der Waals surface area contributed by atoms with E-state index in [9.17, 15) is 4.79 Å². The lowest BCUT2D eigenvalue weighted by molar-refractivity contribution is 0.102. The molecule has 1 N–H and O–H groups in total. The number of rotatable bonds is 5. The molecule has 0 fully saturated rings. The summed E-state index contributed by atoms with van der Waals surface area (Å²) in [5.74, 6) is 0.294. The van der Waals surface area contributed by atoms with Gasteiger partial charge in [0.25, 0.3) is 5.91 Å². The highest BCUT2D eigenvalue weighted by molar-refractivity contribution is 6.32. The molecule has 36 heavy (non-hydrogen) atoms. The third-order valence-electron chi connectivity index (χ3n) is 6.18. The van der Waals surface area contributed by atoms with Crippen molar-refractivity contribution < 1.29 is 9.53 Å². The third-order valence-corrected chi connectivity index (χ3v) is 6.48. The van der Waals surface area contributed by atoms with Crippen LogP contribution in [0, 0.1) is 20.8 Å². The second-order valence-electron chi connectivity index (χ2n) is 8.77. The lowest BCUT2D eigenvalue weighted by Gasteiger charge is -2.12. The highest BCUT2D eigenvalue weighted by Crippen LogP contribution is 2.31. The van der Waals surface area contributed by atoms with Crippen LogP contribution in [0.25, 0.3) is 27.8 Å². The zero-order valence-corrected chi connectivity index (χ0v) is 21.2. The van der Waals surface area contributed by atoms with Crippen molar-refractivity contribution in [1.82, 2.24) is 14.8 Å². The zero-order chi connectivity index (χ0) is 25.4. The van der Waals surface area contributed by atoms with Crippen LogP contribution in [-0.2, 0) is 0 Å². The maximum atomic E-state index is 13.5. The van der Waals surface area contributed by atoms with Crippen LogP contribution >= 0.6 is 11.6 Å². The van der Waals surface area contributed by atoms with Gasteiger partial charge in [-0.05, 0) is 69.3 Å². The van der Waals surface area contributed by atoms with Crippen LogP contribution in [0.5, 0.6) is 5.75 Å². The Morgan fingerprint density at radius 1 is 0.944 bits per heavy atom. The summed E-state index contributed by atoms with van der Waals surface area (Å²) in [6.45, 7) is 6.05. The number of halogens is 1. The molecule has 6 nitrogen and oxygen atoms in total. The Morgan fingerprint density at radius 3 is 2.42 bits per heavy atom. The van der Waals surface area contributed by atoms with Crippen molar-refractivity contribution in [2.75, 3.05) is 12.4 Å². The van der Waals surface area contributed by atoms with Gasteiger partial charge in [0.1, 0.15) is 5.75 Å². The van der Waals surface area contributed by atoms with Crippen molar-refractivity contribution in [3.05, 3.63) is 100 Å². The topological polar surface area (TPSA) is 69.0 Å². The highest BCUT2D eigenvalue weighted by atomic mass is 35.5. The van der Waals surface area contributed by atoms with E-state index in [1.807, 2.05) is 54.9 Å². The van der Waals surface area contributed by atoms with E-state index in [1.165, 1.54) is 5.56 Å². The fourth-order valence-electron chi connectivity index (χ4n) is 4.22. The molecule has 180 valence electrons. The van der Waals surface area contributed by atoms with Gasteiger partial charge < -0.3 is 10.1 Å². The molecule has 0 atom stereocenters. The Bertz CT molecular complexity index is 1610. The molecular formula is C29H25ClN4O2. The van der Waals surface area contributed by atoms with E-state index in [0.717, 1.165) is 33.4 Å². The third kappa shape index (κ3) is 4.43. The number of pyridine rings is 1. The predicted octanol–water partition coefficient (Wildman–Crippen LogP) is 6.93. The smallest absolute Gasteiger partial charge is 0.256 e. The fourth-order valence-corrected chi connectivity index (χ4v) is 4.47. The minimum atomic E-state index is -0.251. The molecule has 5 rings (SSSR count). The van der Waals surface area contributed by atoms with E-state index < -0.39 is 0 Å². The number of hydrogen-bond acceptors (Lipinski definition) is 4. The molecule has 0 aliphatic heterocycles. The number of fused-ring (bicyclic) bond motifs is 1. The quantitative estimate of drug-likeness (QED) is 0.286. The number of amides is 1. The number of ether oxygens (including phenoxy) is 1. The molecule has 0 radical (unpaired) electrons. The Balaban J connectivity index is 1.58. The second-order valence-corrected chi connectivity index (χ2v) is 9.18. The molecule has 0 unspecified atom stereocenters. The van der Waals surface area contributed by atoms with E-state index in [0.29, 0.717) is 27.7 Å². The van der Waals surface area contributed by atoms with Crippen LogP contribution < -0.4 is 10.1 Å². The van der Waals surface area contributed by atoms with Gasteiger partial charge in [-0.15, -0.1) is 0 Å². The van der Waals surface area contributed by atoms with Gasteiger partial charge in [0, 0.05) is 16.6 Å². The standard InChI is InChI=1S/C29H25ClN4O2/c1-17-5-9-21(10-6-17)34-19(3)24(16-31-34)27-15-23(22-13-18(2)7-11-26(22)33-27)29(35)32-20-8-12-28(36-4)25(30)14-20/h5-16H,1-4H3,(H,32,35). The summed E-state index contributed by atoms with van der Waals surface area (Å²) in [7, 11) is 1.55. The number of carbonyl (C=O) groups excluding carboxylic acids is 1. The van der Waals surface area contributed by atoms with E-state index in [-0.39, 0.29) is 5.91 Å². The largest absolute Gasteiger partial charge is 0.495 e. The van der Waals surface area contributed by atoms with Crippen LogP contribution in [0.3, 0.4) is 0 Å². The van der Waals surface area contributed by atoms with Gasteiger partial charge in [-0.3, -0.25) is 4.79 Å².